The van der Waals surface area contributed by atoms with E-state index in [9.17, 15) is 13.2 Å². The van der Waals surface area contributed by atoms with E-state index >= 15 is 0 Å². The molecule has 0 aliphatic carbocycles. The molecule has 1 aliphatic heterocycles. The van der Waals surface area contributed by atoms with Crippen molar-refractivity contribution in [3.8, 4) is 0 Å². The van der Waals surface area contributed by atoms with Crippen molar-refractivity contribution >= 4 is 27.2 Å². The highest BCUT2D eigenvalue weighted by Crippen LogP contribution is 2.45. The maximum absolute atomic E-state index is 13.9. The molecular formula is C23H24N2O3S2. The van der Waals surface area contributed by atoms with E-state index in [0.29, 0.717) is 4.88 Å². The first-order valence-electron chi connectivity index (χ1n) is 9.76. The molecule has 2 heterocycles. The molecule has 0 spiro atoms. The van der Waals surface area contributed by atoms with Crippen molar-refractivity contribution in [2.45, 2.75) is 36.2 Å². The third-order valence-corrected chi connectivity index (χ3v) is 8.79. The Morgan fingerprint density at radius 2 is 1.63 bits per heavy atom. The van der Waals surface area contributed by atoms with Crippen molar-refractivity contribution in [3.63, 3.8) is 0 Å². The number of rotatable bonds is 5. The zero-order valence-corrected chi connectivity index (χ0v) is 18.7. The van der Waals surface area contributed by atoms with Crippen LogP contribution >= 0.6 is 11.3 Å². The lowest BCUT2D eigenvalue weighted by Gasteiger charge is -2.32. The molecule has 156 valence electrons. The van der Waals surface area contributed by atoms with Crippen LogP contribution in [0, 0.1) is 6.92 Å². The molecule has 1 fully saturated rings. The molecule has 0 bridgehead atoms. The van der Waals surface area contributed by atoms with Crippen LogP contribution in [0.25, 0.3) is 0 Å². The number of carbonyl (C=O) groups excluding carboxylic acids is 1. The Morgan fingerprint density at radius 3 is 2.23 bits per heavy atom. The topological polar surface area (TPSA) is 57.7 Å². The molecule has 5 nitrogen and oxygen atoms in total. The summed E-state index contributed by atoms with van der Waals surface area (Å²) in [6.07, 6.45) is 0. The summed E-state index contributed by atoms with van der Waals surface area (Å²) >= 11 is 1.35. The Morgan fingerprint density at radius 1 is 0.967 bits per heavy atom. The Labute approximate surface area is 181 Å². The Kier molecular flexibility index (Phi) is 5.42. The summed E-state index contributed by atoms with van der Waals surface area (Å²) in [5.41, 5.74) is 1.90. The van der Waals surface area contributed by atoms with Crippen molar-refractivity contribution in [1.29, 1.82) is 0 Å². The van der Waals surface area contributed by atoms with Gasteiger partial charge in [0.1, 0.15) is 0 Å². The van der Waals surface area contributed by atoms with Crippen LogP contribution in [0.5, 0.6) is 0 Å². The van der Waals surface area contributed by atoms with Crippen LogP contribution in [0.4, 0.5) is 4.79 Å². The highest BCUT2D eigenvalue weighted by atomic mass is 32.2. The summed E-state index contributed by atoms with van der Waals surface area (Å²) in [4.78, 5) is 17.4. The standard InChI is InChI=1S/C23H24N2O3S2/c1-16-11-13-19(14-12-16)30(27,28)22(20-10-7-15-29-20)25-21(17(2)24(3)23(25)26)18-8-5-4-6-9-18/h4-15,17,21-22H,1-3H3. The number of sulfone groups is 1. The maximum atomic E-state index is 13.9. The minimum atomic E-state index is -3.86. The normalized spacial score (nSPS) is 20.6. The number of amides is 2. The van der Waals surface area contributed by atoms with E-state index in [1.165, 1.54) is 11.3 Å². The average Bonchev–Trinajstić information content (AvgIpc) is 3.33. The quantitative estimate of drug-likeness (QED) is 0.559. The number of thiophene rings is 1. The number of urea groups is 1. The molecule has 3 atom stereocenters. The molecule has 3 aromatic rings. The minimum absolute atomic E-state index is 0.171. The summed E-state index contributed by atoms with van der Waals surface area (Å²) in [5, 5.41) is 0.753. The van der Waals surface area contributed by atoms with Crippen LogP contribution in [0.3, 0.4) is 0 Å². The molecule has 1 aromatic heterocycles. The van der Waals surface area contributed by atoms with Crippen molar-refractivity contribution in [2.75, 3.05) is 7.05 Å². The highest BCUT2D eigenvalue weighted by Gasteiger charge is 2.50. The van der Waals surface area contributed by atoms with Crippen LogP contribution in [0.2, 0.25) is 0 Å². The predicted molar refractivity (Wildman–Crippen MR) is 119 cm³/mol. The Balaban J connectivity index is 1.90. The second-order valence-corrected chi connectivity index (χ2v) is 10.6. The van der Waals surface area contributed by atoms with Crippen molar-refractivity contribution in [2.24, 2.45) is 0 Å². The Bertz CT molecular complexity index is 1130. The number of benzene rings is 2. The molecular weight excluding hydrogens is 416 g/mol. The van der Waals surface area contributed by atoms with Gasteiger partial charge in [0.2, 0.25) is 9.84 Å². The number of nitrogens with zero attached hydrogens (tertiary/aromatic N) is 2. The molecule has 30 heavy (non-hydrogen) atoms. The van der Waals surface area contributed by atoms with Crippen molar-refractivity contribution < 1.29 is 13.2 Å². The number of aryl methyl sites for hydroxylation is 1. The van der Waals surface area contributed by atoms with Gasteiger partial charge in [0, 0.05) is 11.9 Å². The molecule has 4 rings (SSSR count). The highest BCUT2D eigenvalue weighted by molar-refractivity contribution is 7.91. The zero-order valence-electron chi connectivity index (χ0n) is 17.1. The van der Waals surface area contributed by atoms with Crippen molar-refractivity contribution in [1.82, 2.24) is 9.80 Å². The minimum Gasteiger partial charge on any atom is -0.323 e. The van der Waals surface area contributed by atoms with E-state index in [-0.39, 0.29) is 23.0 Å². The lowest BCUT2D eigenvalue weighted by atomic mass is 10.0. The van der Waals surface area contributed by atoms with E-state index in [4.69, 9.17) is 0 Å². The largest absolute Gasteiger partial charge is 0.323 e. The van der Waals surface area contributed by atoms with Gasteiger partial charge < -0.3 is 4.90 Å². The molecule has 1 aliphatic rings. The molecule has 0 N–H and O–H groups in total. The monoisotopic (exact) mass is 440 g/mol. The SMILES string of the molecule is Cc1ccc(S(=O)(=O)C(c2cccs2)N2C(=O)N(C)C(C)C2c2ccccc2)cc1. The average molecular weight is 441 g/mol. The Hall–Kier alpha value is -2.64. The molecule has 1 saturated heterocycles. The lowest BCUT2D eigenvalue weighted by molar-refractivity contribution is 0.185. The van der Waals surface area contributed by atoms with Gasteiger partial charge in [-0.3, -0.25) is 4.90 Å². The number of hydrogen-bond donors (Lipinski definition) is 0. The van der Waals surface area contributed by atoms with E-state index < -0.39 is 15.2 Å². The maximum Gasteiger partial charge on any atom is 0.322 e. The number of likely N-dealkylation sites (N-methyl/N-ethyl adjacent to an activating group) is 1. The first-order valence-corrected chi connectivity index (χ1v) is 12.2. The second kappa shape index (κ2) is 7.89. The summed E-state index contributed by atoms with van der Waals surface area (Å²) < 4.78 is 27.7. The molecule has 3 unspecified atom stereocenters. The molecule has 7 heteroatoms. The van der Waals surface area contributed by atoms with Crippen LogP contribution in [-0.4, -0.2) is 37.3 Å². The van der Waals surface area contributed by atoms with Crippen molar-refractivity contribution in [3.05, 3.63) is 88.1 Å². The fraction of sp³-hybridized carbons (Fsp3) is 0.261. The molecule has 0 saturated carbocycles. The van der Waals surface area contributed by atoms with Gasteiger partial charge in [-0.25, -0.2) is 13.2 Å². The first kappa shape index (κ1) is 20.6. The predicted octanol–water partition coefficient (Wildman–Crippen LogP) is 5.03. The number of carbonyl (C=O) groups is 1. The molecule has 0 radical (unpaired) electrons. The fourth-order valence-electron chi connectivity index (χ4n) is 3.98. The van der Waals surface area contributed by atoms with Crippen LogP contribution in [0.15, 0.2) is 77.0 Å². The van der Waals surface area contributed by atoms with E-state index in [0.717, 1.165) is 11.1 Å². The summed E-state index contributed by atoms with van der Waals surface area (Å²) in [6, 6.07) is 19.2. The molecule has 2 aromatic carbocycles. The van der Waals surface area contributed by atoms with Crippen LogP contribution in [-0.2, 0) is 9.84 Å². The van der Waals surface area contributed by atoms with Gasteiger partial charge in [-0.05, 0) is 43.0 Å². The molecule has 2 amide bonds. The summed E-state index contributed by atoms with van der Waals surface area (Å²) in [7, 11) is -2.13. The van der Waals surface area contributed by atoms with Gasteiger partial charge in [-0.15, -0.1) is 11.3 Å². The van der Waals surface area contributed by atoms with Gasteiger partial charge in [0.05, 0.1) is 17.0 Å². The summed E-state index contributed by atoms with van der Waals surface area (Å²) in [6.45, 7) is 3.87. The fourth-order valence-corrected chi connectivity index (χ4v) is 6.91. The second-order valence-electron chi connectivity index (χ2n) is 7.62. The van der Waals surface area contributed by atoms with Crippen LogP contribution in [0.1, 0.15) is 34.3 Å². The third kappa shape index (κ3) is 3.42. The van der Waals surface area contributed by atoms with E-state index in [2.05, 4.69) is 0 Å². The summed E-state index contributed by atoms with van der Waals surface area (Å²) in [5.74, 6) is 0. The lowest BCUT2D eigenvalue weighted by Crippen LogP contribution is -2.38. The van der Waals surface area contributed by atoms with E-state index in [1.54, 1.807) is 47.2 Å². The first-order chi connectivity index (χ1) is 14.3. The number of hydrogen-bond acceptors (Lipinski definition) is 4. The zero-order chi connectivity index (χ0) is 21.5. The van der Waals surface area contributed by atoms with Gasteiger partial charge in [-0.1, -0.05) is 54.1 Å². The van der Waals surface area contributed by atoms with Gasteiger partial charge in [-0.2, -0.15) is 0 Å². The van der Waals surface area contributed by atoms with Gasteiger partial charge >= 0.3 is 6.03 Å². The smallest absolute Gasteiger partial charge is 0.322 e. The van der Waals surface area contributed by atoms with Gasteiger partial charge in [0.15, 0.2) is 5.37 Å². The van der Waals surface area contributed by atoms with E-state index in [1.807, 2.05) is 55.6 Å². The third-order valence-electron chi connectivity index (χ3n) is 5.71. The van der Waals surface area contributed by atoms with Crippen LogP contribution < -0.4 is 0 Å². The van der Waals surface area contributed by atoms with Gasteiger partial charge in [0.25, 0.3) is 0 Å².